The molecule has 5 nitrogen and oxygen atoms in total. The van der Waals surface area contributed by atoms with Gasteiger partial charge in [-0.15, -0.1) is 0 Å². The van der Waals surface area contributed by atoms with Gasteiger partial charge in [0.25, 0.3) is 0 Å². The third-order valence-electron chi connectivity index (χ3n) is 3.69. The highest BCUT2D eigenvalue weighted by Gasteiger charge is 2.37. The van der Waals surface area contributed by atoms with Crippen molar-refractivity contribution < 1.29 is 14.7 Å². The number of hydrogen-bond donors (Lipinski definition) is 2. The quantitative estimate of drug-likeness (QED) is 0.797. The van der Waals surface area contributed by atoms with Crippen LogP contribution in [0.4, 0.5) is 0 Å². The Kier molecular flexibility index (Phi) is 4.96. The molecule has 2 atom stereocenters. The summed E-state index contributed by atoms with van der Waals surface area (Å²) < 4.78 is 0. The SMILES string of the molecule is CC(=O)N1CCCC1C(=O)N[C@@H](C(C)C)C(C)(C)O. The van der Waals surface area contributed by atoms with E-state index in [1.165, 1.54) is 6.92 Å². The second-order valence-corrected chi connectivity index (χ2v) is 6.25. The topological polar surface area (TPSA) is 69.6 Å². The molecular weight excluding hydrogens is 244 g/mol. The van der Waals surface area contributed by atoms with Gasteiger partial charge in [-0.2, -0.15) is 0 Å². The van der Waals surface area contributed by atoms with Gasteiger partial charge < -0.3 is 15.3 Å². The summed E-state index contributed by atoms with van der Waals surface area (Å²) in [7, 11) is 0. The zero-order chi connectivity index (χ0) is 14.8. The van der Waals surface area contributed by atoms with E-state index in [2.05, 4.69) is 5.32 Å². The molecular formula is C14H26N2O3. The number of aliphatic hydroxyl groups is 1. The fourth-order valence-corrected chi connectivity index (χ4v) is 2.82. The van der Waals surface area contributed by atoms with Crippen molar-refractivity contribution in [2.24, 2.45) is 5.92 Å². The first-order valence-corrected chi connectivity index (χ1v) is 6.94. The van der Waals surface area contributed by atoms with Gasteiger partial charge in [-0.05, 0) is 32.6 Å². The monoisotopic (exact) mass is 270 g/mol. The molecule has 0 aromatic carbocycles. The minimum absolute atomic E-state index is 0.0676. The Hall–Kier alpha value is -1.10. The lowest BCUT2D eigenvalue weighted by Crippen LogP contribution is -2.56. The van der Waals surface area contributed by atoms with Crippen molar-refractivity contribution in [1.29, 1.82) is 0 Å². The van der Waals surface area contributed by atoms with Gasteiger partial charge in [0.2, 0.25) is 11.8 Å². The van der Waals surface area contributed by atoms with Crippen LogP contribution < -0.4 is 5.32 Å². The number of carbonyl (C=O) groups excluding carboxylic acids is 2. The molecule has 0 spiro atoms. The lowest BCUT2D eigenvalue weighted by atomic mass is 9.89. The van der Waals surface area contributed by atoms with Crippen molar-refractivity contribution in [3.8, 4) is 0 Å². The van der Waals surface area contributed by atoms with Crippen molar-refractivity contribution in [1.82, 2.24) is 10.2 Å². The van der Waals surface area contributed by atoms with Gasteiger partial charge in [-0.3, -0.25) is 9.59 Å². The van der Waals surface area contributed by atoms with E-state index in [-0.39, 0.29) is 29.8 Å². The number of likely N-dealkylation sites (tertiary alicyclic amines) is 1. The molecule has 2 N–H and O–H groups in total. The van der Waals surface area contributed by atoms with Crippen LogP contribution in [0.25, 0.3) is 0 Å². The molecule has 0 aliphatic carbocycles. The fourth-order valence-electron chi connectivity index (χ4n) is 2.82. The molecule has 1 fully saturated rings. The van der Waals surface area contributed by atoms with Crippen molar-refractivity contribution in [2.75, 3.05) is 6.54 Å². The molecule has 1 unspecified atom stereocenters. The summed E-state index contributed by atoms with van der Waals surface area (Å²) >= 11 is 0. The lowest BCUT2D eigenvalue weighted by molar-refractivity contribution is -0.138. The van der Waals surface area contributed by atoms with Crippen molar-refractivity contribution in [3.05, 3.63) is 0 Å². The number of hydrogen-bond acceptors (Lipinski definition) is 3. The van der Waals surface area contributed by atoms with Crippen LogP contribution in [0.1, 0.15) is 47.5 Å². The standard InChI is InChI=1S/C14H26N2O3/c1-9(2)12(14(4,5)19)15-13(18)11-7-6-8-16(11)10(3)17/h9,11-12,19H,6-8H2,1-5H3,(H,15,18)/t11?,12-/m0/s1. The number of nitrogens with one attached hydrogen (secondary N) is 1. The Morgan fingerprint density at radius 3 is 2.37 bits per heavy atom. The Morgan fingerprint density at radius 1 is 1.37 bits per heavy atom. The predicted octanol–water partition coefficient (Wildman–Crippen LogP) is 0.909. The van der Waals surface area contributed by atoms with Crippen LogP contribution in [0.3, 0.4) is 0 Å². The summed E-state index contributed by atoms with van der Waals surface area (Å²) in [5, 5.41) is 13.0. The van der Waals surface area contributed by atoms with Crippen molar-refractivity contribution >= 4 is 11.8 Å². The van der Waals surface area contributed by atoms with Crippen LogP contribution >= 0.6 is 0 Å². The van der Waals surface area contributed by atoms with Crippen molar-refractivity contribution in [2.45, 2.75) is 65.1 Å². The fraction of sp³-hybridized carbons (Fsp3) is 0.857. The van der Waals surface area contributed by atoms with Gasteiger partial charge in [-0.25, -0.2) is 0 Å². The summed E-state index contributed by atoms with van der Waals surface area (Å²) in [6.45, 7) is 9.43. The highest BCUT2D eigenvalue weighted by molar-refractivity contribution is 5.87. The number of amides is 2. The first-order chi connectivity index (χ1) is 8.64. The maximum atomic E-state index is 12.3. The smallest absolute Gasteiger partial charge is 0.243 e. The van der Waals surface area contributed by atoms with Crippen LogP contribution in [-0.4, -0.2) is 46.1 Å². The normalized spacial score (nSPS) is 21.6. The van der Waals surface area contributed by atoms with Crippen LogP contribution in [0.15, 0.2) is 0 Å². The molecule has 1 aliphatic rings. The van der Waals surface area contributed by atoms with Crippen LogP contribution in [0, 0.1) is 5.92 Å². The minimum Gasteiger partial charge on any atom is -0.388 e. The van der Waals surface area contributed by atoms with E-state index in [9.17, 15) is 14.7 Å². The van der Waals surface area contributed by atoms with E-state index in [0.717, 1.165) is 6.42 Å². The number of nitrogens with zero attached hydrogens (tertiary/aromatic N) is 1. The summed E-state index contributed by atoms with van der Waals surface area (Å²) in [4.78, 5) is 25.4. The molecule has 1 aliphatic heterocycles. The molecule has 110 valence electrons. The highest BCUT2D eigenvalue weighted by Crippen LogP contribution is 2.21. The summed E-state index contributed by atoms with van der Waals surface area (Å²) in [6.07, 6.45) is 1.55. The second kappa shape index (κ2) is 5.90. The van der Waals surface area contributed by atoms with E-state index < -0.39 is 5.60 Å². The first-order valence-electron chi connectivity index (χ1n) is 6.94. The van der Waals surface area contributed by atoms with Crippen LogP contribution in [0.2, 0.25) is 0 Å². The van der Waals surface area contributed by atoms with E-state index in [1.807, 2.05) is 13.8 Å². The zero-order valence-corrected chi connectivity index (χ0v) is 12.6. The maximum Gasteiger partial charge on any atom is 0.243 e. The molecule has 0 bridgehead atoms. The Bertz CT molecular complexity index is 347. The predicted molar refractivity (Wildman–Crippen MR) is 73.5 cm³/mol. The Morgan fingerprint density at radius 2 is 1.95 bits per heavy atom. The molecule has 1 heterocycles. The molecule has 5 heteroatoms. The van der Waals surface area contributed by atoms with Gasteiger partial charge >= 0.3 is 0 Å². The number of rotatable bonds is 4. The first kappa shape index (κ1) is 16.0. The molecule has 0 aromatic rings. The average Bonchev–Trinajstić information content (AvgIpc) is 2.72. The molecule has 1 rings (SSSR count). The maximum absolute atomic E-state index is 12.3. The Labute approximate surface area is 115 Å². The molecule has 1 saturated heterocycles. The molecule has 0 aromatic heterocycles. The summed E-state index contributed by atoms with van der Waals surface area (Å²) in [5.41, 5.74) is -0.983. The average molecular weight is 270 g/mol. The third-order valence-corrected chi connectivity index (χ3v) is 3.69. The van der Waals surface area contributed by atoms with E-state index in [1.54, 1.807) is 18.7 Å². The van der Waals surface area contributed by atoms with Crippen molar-refractivity contribution in [3.63, 3.8) is 0 Å². The highest BCUT2D eigenvalue weighted by atomic mass is 16.3. The third kappa shape index (κ3) is 3.93. The molecule has 0 radical (unpaired) electrons. The number of carbonyl (C=O) groups is 2. The zero-order valence-electron chi connectivity index (χ0n) is 12.6. The van der Waals surface area contributed by atoms with Gasteiger partial charge in [0.05, 0.1) is 11.6 Å². The largest absolute Gasteiger partial charge is 0.388 e. The molecule has 2 amide bonds. The van der Waals surface area contributed by atoms with E-state index >= 15 is 0 Å². The minimum atomic E-state index is -0.983. The second-order valence-electron chi connectivity index (χ2n) is 6.25. The Balaban J connectivity index is 2.75. The summed E-state index contributed by atoms with van der Waals surface area (Å²) in [6, 6.07) is -0.712. The summed E-state index contributed by atoms with van der Waals surface area (Å²) in [5.74, 6) is -0.105. The van der Waals surface area contributed by atoms with Gasteiger partial charge in [0.15, 0.2) is 0 Å². The van der Waals surface area contributed by atoms with Gasteiger partial charge in [-0.1, -0.05) is 13.8 Å². The van der Waals surface area contributed by atoms with Gasteiger partial charge in [0.1, 0.15) is 6.04 Å². The molecule has 0 saturated carbocycles. The molecule has 19 heavy (non-hydrogen) atoms. The van der Waals surface area contributed by atoms with E-state index in [0.29, 0.717) is 13.0 Å². The van der Waals surface area contributed by atoms with Gasteiger partial charge in [0, 0.05) is 13.5 Å². The van der Waals surface area contributed by atoms with E-state index in [4.69, 9.17) is 0 Å². The van der Waals surface area contributed by atoms with Crippen LogP contribution in [-0.2, 0) is 9.59 Å². The lowest BCUT2D eigenvalue weighted by Gasteiger charge is -2.35. The van der Waals surface area contributed by atoms with Crippen LogP contribution in [0.5, 0.6) is 0 Å².